The van der Waals surface area contributed by atoms with Crippen molar-refractivity contribution in [3.8, 4) is 11.5 Å². The third kappa shape index (κ3) is 21.3. The van der Waals surface area contributed by atoms with Gasteiger partial charge in [-0.2, -0.15) is 0 Å². The number of hydrogen-bond acceptors (Lipinski definition) is 5. The van der Waals surface area contributed by atoms with Crippen LogP contribution in [0.15, 0.2) is 70.6 Å². The maximum absolute atomic E-state index is 11.7. The smallest absolute Gasteiger partial charge is 0.873 e. The fraction of sp³-hybridized carbons (Fsp3) is 0.607. The van der Waals surface area contributed by atoms with Crippen LogP contribution in [0.3, 0.4) is 0 Å². The van der Waals surface area contributed by atoms with Crippen LogP contribution in [-0.2, 0) is 48.6 Å². The van der Waals surface area contributed by atoms with Gasteiger partial charge in [0.15, 0.2) is 0 Å². The van der Waals surface area contributed by atoms with E-state index in [1.165, 1.54) is 173 Å². The molecule has 0 spiro atoms. The van der Waals surface area contributed by atoms with E-state index in [4.69, 9.17) is 9.98 Å². The number of hydrogen-bond donors (Lipinski definition) is 0. The van der Waals surface area contributed by atoms with E-state index in [2.05, 4.69) is 110 Å². The zero-order valence-electron chi connectivity index (χ0n) is 44.0. The molecule has 5 nitrogen and oxygen atoms in total. The largest absolute Gasteiger partial charge is 2.00 e. The molecule has 0 radical (unpaired) electrons. The summed E-state index contributed by atoms with van der Waals surface area (Å²) in [7, 11) is 0. The van der Waals surface area contributed by atoms with Crippen LogP contribution in [0.1, 0.15) is 225 Å². The second-order valence-electron chi connectivity index (χ2n) is 18.8. The van der Waals surface area contributed by atoms with Gasteiger partial charge >= 0.3 is 16.5 Å². The van der Waals surface area contributed by atoms with Crippen LogP contribution >= 0.6 is 0 Å². The Bertz CT molecular complexity index is 2020. The number of unbranched alkanes of at least 4 members (excludes halogenated alkanes) is 12. The molecule has 0 saturated carbocycles. The van der Waals surface area contributed by atoms with Crippen molar-refractivity contribution in [2.75, 3.05) is 18.0 Å². The molecule has 0 unspecified atom stereocenters. The van der Waals surface area contributed by atoms with Gasteiger partial charge in [0.2, 0.25) is 0 Å². The van der Waals surface area contributed by atoms with Crippen LogP contribution in [0.2, 0.25) is 0 Å². The third-order valence-corrected chi connectivity index (χ3v) is 13.2. The summed E-state index contributed by atoms with van der Waals surface area (Å²) in [5.74, 6) is -0.816. The monoisotopic (exact) mass is 958 g/mol. The van der Waals surface area contributed by atoms with Crippen molar-refractivity contribution in [3.05, 3.63) is 88.5 Å². The van der Waals surface area contributed by atoms with Gasteiger partial charge < -0.3 is 15.1 Å². The van der Waals surface area contributed by atoms with Gasteiger partial charge in [0.05, 0.1) is 22.8 Å². The predicted molar refractivity (Wildman–Crippen MR) is 289 cm³/mol. The van der Waals surface area contributed by atoms with E-state index in [-0.39, 0.29) is 16.5 Å². The third-order valence-electron chi connectivity index (χ3n) is 13.2. The SMILES string of the molecule is CCCCCCCCC(=Nc1ccc(CCCC)c(CCCC)c1)C(CCCC)=Nc1ccc(CCCC)c(CCCC)c1.CCCCCc1cc(N(CC)CC)cc2cc([O-])c([O-])cc12.[Ni+2]. The molecule has 0 bridgehead atoms. The number of aryl methyl sites for hydroxylation is 5. The molecule has 4 rings (SSSR count). The summed E-state index contributed by atoms with van der Waals surface area (Å²) >= 11 is 0. The molecule has 0 amide bonds. The minimum Gasteiger partial charge on any atom is -0.873 e. The molecule has 0 N–H and O–H groups in total. The van der Waals surface area contributed by atoms with Crippen molar-refractivity contribution in [2.45, 2.75) is 229 Å². The molecule has 0 heterocycles. The summed E-state index contributed by atoms with van der Waals surface area (Å²) < 4.78 is 0. The van der Waals surface area contributed by atoms with Gasteiger partial charge in [0.1, 0.15) is 0 Å². The molecule has 0 aliphatic heterocycles. The maximum atomic E-state index is 11.7. The van der Waals surface area contributed by atoms with Crippen LogP contribution in [0.4, 0.5) is 17.1 Å². The van der Waals surface area contributed by atoms with Gasteiger partial charge in [-0.25, -0.2) is 0 Å². The molecule has 4 aromatic carbocycles. The first-order valence-corrected chi connectivity index (χ1v) is 27.3. The minimum atomic E-state index is -0.413. The number of aliphatic imine (C=N–C) groups is 2. The van der Waals surface area contributed by atoms with Crippen molar-refractivity contribution < 1.29 is 26.7 Å². The Kier molecular flexibility index (Phi) is 31.5. The van der Waals surface area contributed by atoms with Gasteiger partial charge in [-0.3, -0.25) is 9.98 Å². The number of nitrogens with zero attached hydrogens (tertiary/aromatic N) is 3. The van der Waals surface area contributed by atoms with Crippen LogP contribution in [-0.4, -0.2) is 24.5 Å². The molecule has 374 valence electrons. The second-order valence-corrected chi connectivity index (χ2v) is 18.8. The molecule has 6 heteroatoms. The van der Waals surface area contributed by atoms with E-state index in [9.17, 15) is 10.2 Å². The molecular formula is C61H93N3NiO2. The second kappa shape index (κ2) is 35.5. The van der Waals surface area contributed by atoms with E-state index in [1.807, 2.05) is 6.07 Å². The topological polar surface area (TPSA) is 74.1 Å². The maximum Gasteiger partial charge on any atom is 2.00 e. The first kappa shape index (κ1) is 59.5. The molecular weight excluding hydrogens is 865 g/mol. The Labute approximate surface area is 421 Å². The molecule has 0 fully saturated rings. The Morgan fingerprint density at radius 1 is 0.403 bits per heavy atom. The standard InChI is InChI=1S/C42H68N2.C19H27NO2.Ni/c1-7-13-19-20-21-22-28-42(44-40-32-30-36(24-15-9-3)38(34-40)26-17-11-5)41(27-18-12-6)43-39-31-29-35(23-14-8-2)37(33-39)25-16-10-4;1-4-7-8-9-14-10-16(20(5-2)6-3)11-15-12-18(21)19(22)13-17(14)15;/h29-34H,7-28H2,1-6H3;10-13,21-22H,4-9H2,1-3H3;/q;;+2/p-2. The van der Waals surface area contributed by atoms with Gasteiger partial charge in [0, 0.05) is 18.8 Å². The Hall–Kier alpha value is -3.63. The summed E-state index contributed by atoms with van der Waals surface area (Å²) in [5.41, 5.74) is 13.1. The van der Waals surface area contributed by atoms with Crippen molar-refractivity contribution >= 4 is 39.3 Å². The van der Waals surface area contributed by atoms with Gasteiger partial charge in [0.25, 0.3) is 0 Å². The van der Waals surface area contributed by atoms with Crippen molar-refractivity contribution in [2.24, 2.45) is 9.98 Å². The molecule has 0 aliphatic carbocycles. The number of rotatable bonds is 32. The molecule has 0 atom stereocenters. The Morgan fingerprint density at radius 3 is 1.31 bits per heavy atom. The summed E-state index contributed by atoms with van der Waals surface area (Å²) in [6, 6.07) is 21.4. The van der Waals surface area contributed by atoms with E-state index in [0.29, 0.717) is 0 Å². The number of benzene rings is 4. The molecule has 4 aromatic rings. The fourth-order valence-corrected chi connectivity index (χ4v) is 9.02. The van der Waals surface area contributed by atoms with Crippen LogP contribution in [0.5, 0.6) is 11.5 Å². The average Bonchev–Trinajstić information content (AvgIpc) is 3.32. The van der Waals surface area contributed by atoms with E-state index in [0.717, 1.165) is 85.9 Å². The van der Waals surface area contributed by atoms with Crippen molar-refractivity contribution in [3.63, 3.8) is 0 Å². The zero-order valence-corrected chi connectivity index (χ0v) is 45.0. The molecule has 0 aliphatic rings. The summed E-state index contributed by atoms with van der Waals surface area (Å²) in [6.45, 7) is 22.1. The van der Waals surface area contributed by atoms with Crippen LogP contribution in [0, 0.1) is 0 Å². The van der Waals surface area contributed by atoms with Gasteiger partial charge in [-0.15, -0.1) is 11.5 Å². The zero-order chi connectivity index (χ0) is 47.9. The summed E-state index contributed by atoms with van der Waals surface area (Å²) in [6.07, 6.45) is 31.2. The van der Waals surface area contributed by atoms with E-state index >= 15 is 0 Å². The quantitative estimate of drug-likeness (QED) is 0.0278. The minimum absolute atomic E-state index is 0. The summed E-state index contributed by atoms with van der Waals surface area (Å²) in [4.78, 5) is 13.2. The average molecular weight is 959 g/mol. The Morgan fingerprint density at radius 2 is 0.821 bits per heavy atom. The van der Waals surface area contributed by atoms with E-state index in [1.54, 1.807) is 0 Å². The van der Waals surface area contributed by atoms with Gasteiger partial charge in [-0.05, 0) is 179 Å². The van der Waals surface area contributed by atoms with Crippen molar-refractivity contribution in [1.82, 2.24) is 0 Å². The molecule has 67 heavy (non-hydrogen) atoms. The Balaban J connectivity index is 0.000000559. The predicted octanol–water partition coefficient (Wildman–Crippen LogP) is 17.4. The number of fused-ring (bicyclic) bond motifs is 1. The van der Waals surface area contributed by atoms with Crippen LogP contribution < -0.4 is 15.1 Å². The number of anilines is 1. The molecule has 0 aromatic heterocycles. The van der Waals surface area contributed by atoms with E-state index < -0.39 is 11.5 Å². The molecule has 0 saturated heterocycles. The van der Waals surface area contributed by atoms with Crippen molar-refractivity contribution in [1.29, 1.82) is 0 Å². The normalized spacial score (nSPS) is 11.7. The first-order chi connectivity index (χ1) is 32.2. The fourth-order valence-electron chi connectivity index (χ4n) is 9.02. The first-order valence-electron chi connectivity index (χ1n) is 27.3. The van der Waals surface area contributed by atoms with Gasteiger partial charge in [-0.1, -0.05) is 150 Å². The van der Waals surface area contributed by atoms with Crippen LogP contribution in [0.25, 0.3) is 10.8 Å². The summed E-state index contributed by atoms with van der Waals surface area (Å²) in [5, 5.41) is 25.3.